The molecule has 0 atom stereocenters. The van der Waals surface area contributed by atoms with Crippen LogP contribution in [0.2, 0.25) is 0 Å². The third-order valence-corrected chi connectivity index (χ3v) is 4.66. The van der Waals surface area contributed by atoms with Crippen molar-refractivity contribution in [3.8, 4) is 17.0 Å². The van der Waals surface area contributed by atoms with Crippen molar-refractivity contribution in [2.24, 2.45) is 0 Å². The fraction of sp³-hybridized carbons (Fsp3) is 0.222. The molecule has 0 spiro atoms. The molecule has 0 saturated heterocycles. The molecule has 1 N–H and O–H groups in total. The smallest absolute Gasteiger partial charge is 0.294 e. The number of aryl methyl sites for hydroxylation is 1. The standard InChI is InChI=1S/C18H18N4O3S/c1-4-8-19-14(23)10-22-18(24)16-17(26-11(2)20-16)15(21-22)12-6-5-7-13(9-12)25-3/h4-7,9H,1,8,10H2,2-3H3,(H,19,23). The third-order valence-electron chi connectivity index (χ3n) is 3.69. The molecule has 1 aromatic carbocycles. The number of nitrogens with zero attached hydrogens (tertiary/aromatic N) is 3. The SMILES string of the molecule is C=CCNC(=O)Cn1nc(-c2cccc(OC)c2)c2sc(C)nc2c1=O. The lowest BCUT2D eigenvalue weighted by molar-refractivity contribution is -0.121. The molecule has 0 saturated carbocycles. The first kappa shape index (κ1) is 17.8. The molecule has 0 radical (unpaired) electrons. The van der Waals surface area contributed by atoms with Crippen molar-refractivity contribution < 1.29 is 9.53 Å². The first-order valence-electron chi connectivity index (χ1n) is 7.93. The van der Waals surface area contributed by atoms with Gasteiger partial charge in [0, 0.05) is 12.1 Å². The molecule has 2 heterocycles. The molecule has 0 unspecified atom stereocenters. The third kappa shape index (κ3) is 3.50. The fourth-order valence-corrected chi connectivity index (χ4v) is 3.43. The maximum absolute atomic E-state index is 12.7. The van der Waals surface area contributed by atoms with Crippen molar-refractivity contribution in [3.63, 3.8) is 0 Å². The number of ether oxygens (including phenoxy) is 1. The van der Waals surface area contributed by atoms with E-state index in [9.17, 15) is 9.59 Å². The second-order valence-corrected chi connectivity index (χ2v) is 6.75. The van der Waals surface area contributed by atoms with Crippen molar-refractivity contribution >= 4 is 27.5 Å². The van der Waals surface area contributed by atoms with E-state index in [4.69, 9.17) is 4.74 Å². The number of benzene rings is 1. The van der Waals surface area contributed by atoms with Gasteiger partial charge < -0.3 is 10.1 Å². The summed E-state index contributed by atoms with van der Waals surface area (Å²) in [7, 11) is 1.59. The molecule has 3 aromatic rings. The van der Waals surface area contributed by atoms with Crippen LogP contribution in [0.4, 0.5) is 0 Å². The van der Waals surface area contributed by atoms with Crippen molar-refractivity contribution in [1.29, 1.82) is 0 Å². The number of thiazole rings is 1. The number of carbonyl (C=O) groups excluding carboxylic acids is 1. The van der Waals surface area contributed by atoms with E-state index in [1.165, 1.54) is 11.3 Å². The lowest BCUT2D eigenvalue weighted by Gasteiger charge is -2.09. The van der Waals surface area contributed by atoms with Crippen LogP contribution in [0, 0.1) is 6.92 Å². The molecule has 0 bridgehead atoms. The second kappa shape index (κ2) is 7.49. The Balaban J connectivity index is 2.15. The van der Waals surface area contributed by atoms with Crippen LogP contribution >= 0.6 is 11.3 Å². The number of nitrogens with one attached hydrogen (secondary N) is 1. The van der Waals surface area contributed by atoms with Gasteiger partial charge in [0.25, 0.3) is 5.56 Å². The molecule has 8 heteroatoms. The van der Waals surface area contributed by atoms with Crippen molar-refractivity contribution in [2.45, 2.75) is 13.5 Å². The van der Waals surface area contributed by atoms with Gasteiger partial charge in [0.2, 0.25) is 5.91 Å². The van der Waals surface area contributed by atoms with E-state index in [1.807, 2.05) is 31.2 Å². The van der Waals surface area contributed by atoms with E-state index < -0.39 is 0 Å². The van der Waals surface area contributed by atoms with Crippen LogP contribution in [-0.4, -0.2) is 34.3 Å². The Kier molecular flexibility index (Phi) is 5.13. The maximum Gasteiger partial charge on any atom is 0.294 e. The van der Waals surface area contributed by atoms with Crippen LogP contribution in [0.1, 0.15) is 5.01 Å². The molecule has 0 fully saturated rings. The van der Waals surface area contributed by atoms with Gasteiger partial charge in [0.1, 0.15) is 18.0 Å². The molecule has 0 aliphatic rings. The topological polar surface area (TPSA) is 86.1 Å². The first-order chi connectivity index (χ1) is 12.5. The van der Waals surface area contributed by atoms with Gasteiger partial charge in [-0.2, -0.15) is 5.10 Å². The average Bonchev–Trinajstić information content (AvgIpc) is 3.04. The average molecular weight is 370 g/mol. The van der Waals surface area contributed by atoms with Gasteiger partial charge in [-0.1, -0.05) is 18.2 Å². The lowest BCUT2D eigenvalue weighted by Crippen LogP contribution is -2.34. The highest BCUT2D eigenvalue weighted by Gasteiger charge is 2.18. The Labute approximate surface area is 153 Å². The van der Waals surface area contributed by atoms with Crippen LogP contribution in [-0.2, 0) is 11.3 Å². The minimum absolute atomic E-state index is 0.184. The van der Waals surface area contributed by atoms with Gasteiger partial charge in [-0.3, -0.25) is 9.59 Å². The van der Waals surface area contributed by atoms with Crippen molar-refractivity contribution in [1.82, 2.24) is 20.1 Å². The molecule has 1 amide bonds. The molecule has 0 aliphatic carbocycles. The molecule has 26 heavy (non-hydrogen) atoms. The van der Waals surface area contributed by atoms with Crippen LogP contribution in [0.3, 0.4) is 0 Å². The van der Waals surface area contributed by atoms with Gasteiger partial charge >= 0.3 is 0 Å². The quantitative estimate of drug-likeness (QED) is 0.672. The minimum atomic E-state index is -0.384. The minimum Gasteiger partial charge on any atom is -0.497 e. The highest BCUT2D eigenvalue weighted by Crippen LogP contribution is 2.31. The van der Waals surface area contributed by atoms with Crippen molar-refractivity contribution in [3.05, 3.63) is 52.3 Å². The maximum atomic E-state index is 12.7. The number of carbonyl (C=O) groups is 1. The number of hydrogen-bond acceptors (Lipinski definition) is 6. The summed E-state index contributed by atoms with van der Waals surface area (Å²) in [6.07, 6.45) is 1.57. The molecule has 0 aliphatic heterocycles. The summed E-state index contributed by atoms with van der Waals surface area (Å²) in [4.78, 5) is 29.0. The highest BCUT2D eigenvalue weighted by molar-refractivity contribution is 7.19. The highest BCUT2D eigenvalue weighted by atomic mass is 32.1. The van der Waals surface area contributed by atoms with Gasteiger partial charge in [-0.25, -0.2) is 9.67 Å². The largest absolute Gasteiger partial charge is 0.497 e. The van der Waals surface area contributed by atoms with E-state index in [1.54, 1.807) is 13.2 Å². The predicted molar refractivity (Wildman–Crippen MR) is 102 cm³/mol. The summed E-state index contributed by atoms with van der Waals surface area (Å²) in [5, 5.41) is 7.85. The molecular weight excluding hydrogens is 352 g/mol. The molecule has 3 rings (SSSR count). The van der Waals surface area contributed by atoms with E-state index in [-0.39, 0.29) is 18.0 Å². The number of methoxy groups -OCH3 is 1. The summed E-state index contributed by atoms with van der Waals surface area (Å²) in [6.45, 7) is 5.53. The summed E-state index contributed by atoms with van der Waals surface area (Å²) < 4.78 is 7.12. The van der Waals surface area contributed by atoms with E-state index in [0.717, 1.165) is 15.3 Å². The van der Waals surface area contributed by atoms with Gasteiger partial charge in [0.15, 0.2) is 5.52 Å². The second-order valence-electron chi connectivity index (χ2n) is 5.55. The van der Waals surface area contributed by atoms with Gasteiger partial charge in [0.05, 0.1) is 16.8 Å². The molecule has 2 aromatic heterocycles. The molecular formula is C18H18N4O3S. The number of aromatic nitrogens is 3. The van der Waals surface area contributed by atoms with Crippen LogP contribution in [0.25, 0.3) is 21.5 Å². The van der Waals surface area contributed by atoms with E-state index >= 15 is 0 Å². The Hall–Kier alpha value is -3.00. The summed E-state index contributed by atoms with van der Waals surface area (Å²) in [5.41, 5.74) is 1.32. The summed E-state index contributed by atoms with van der Waals surface area (Å²) in [6, 6.07) is 7.40. The molecule has 134 valence electrons. The number of rotatable bonds is 6. The van der Waals surface area contributed by atoms with E-state index in [0.29, 0.717) is 28.2 Å². The summed E-state index contributed by atoms with van der Waals surface area (Å²) >= 11 is 1.40. The lowest BCUT2D eigenvalue weighted by atomic mass is 10.1. The van der Waals surface area contributed by atoms with E-state index in [2.05, 4.69) is 22.0 Å². The number of hydrogen-bond donors (Lipinski definition) is 1. The van der Waals surface area contributed by atoms with Crippen LogP contribution in [0.15, 0.2) is 41.7 Å². The zero-order chi connectivity index (χ0) is 18.7. The molecule has 7 nitrogen and oxygen atoms in total. The Morgan fingerprint density at radius 1 is 1.46 bits per heavy atom. The number of amides is 1. The van der Waals surface area contributed by atoms with Crippen LogP contribution in [0.5, 0.6) is 5.75 Å². The number of fused-ring (bicyclic) bond motifs is 1. The first-order valence-corrected chi connectivity index (χ1v) is 8.75. The Morgan fingerprint density at radius 2 is 2.27 bits per heavy atom. The Bertz CT molecular complexity index is 1040. The fourth-order valence-electron chi connectivity index (χ4n) is 2.51. The zero-order valence-corrected chi connectivity index (χ0v) is 15.3. The zero-order valence-electron chi connectivity index (χ0n) is 14.5. The van der Waals surface area contributed by atoms with Gasteiger partial charge in [-0.15, -0.1) is 17.9 Å². The monoisotopic (exact) mass is 370 g/mol. The van der Waals surface area contributed by atoms with Crippen molar-refractivity contribution in [2.75, 3.05) is 13.7 Å². The Morgan fingerprint density at radius 3 is 3.00 bits per heavy atom. The normalized spacial score (nSPS) is 10.7. The summed E-state index contributed by atoms with van der Waals surface area (Å²) in [5.74, 6) is 0.363. The predicted octanol–water partition coefficient (Wildman–Crippen LogP) is 2.14. The van der Waals surface area contributed by atoms with Crippen LogP contribution < -0.4 is 15.6 Å². The van der Waals surface area contributed by atoms with Gasteiger partial charge in [-0.05, 0) is 19.1 Å².